The van der Waals surface area contributed by atoms with Crippen molar-refractivity contribution in [2.45, 2.75) is 51.0 Å². The Hall–Kier alpha value is -1.62. The molecular formula is C19H28N4O. The monoisotopic (exact) mass is 328 g/mol. The van der Waals surface area contributed by atoms with Gasteiger partial charge in [0.25, 0.3) is 0 Å². The number of rotatable bonds is 4. The Kier molecular flexibility index (Phi) is 4.69. The van der Waals surface area contributed by atoms with Crippen molar-refractivity contribution in [3.05, 3.63) is 18.3 Å². The molecule has 0 bridgehead atoms. The van der Waals surface area contributed by atoms with Crippen molar-refractivity contribution >= 4 is 17.4 Å². The Morgan fingerprint density at radius 1 is 1.00 bits per heavy atom. The average Bonchev–Trinajstić information content (AvgIpc) is 3.08. The number of piperazine rings is 1. The molecule has 1 aromatic heterocycles. The van der Waals surface area contributed by atoms with Gasteiger partial charge in [-0.25, -0.2) is 4.98 Å². The molecule has 24 heavy (non-hydrogen) atoms. The zero-order valence-electron chi connectivity index (χ0n) is 14.4. The summed E-state index contributed by atoms with van der Waals surface area (Å²) in [4.78, 5) is 21.6. The number of nitrogens with one attached hydrogen (secondary N) is 1. The first-order chi connectivity index (χ1) is 11.8. The van der Waals surface area contributed by atoms with E-state index in [0.29, 0.717) is 0 Å². The van der Waals surface area contributed by atoms with Gasteiger partial charge in [-0.05, 0) is 37.8 Å². The number of anilines is 2. The first-order valence-electron chi connectivity index (χ1n) is 9.55. The lowest BCUT2D eigenvalue weighted by molar-refractivity contribution is -0.122. The van der Waals surface area contributed by atoms with Gasteiger partial charge in [0, 0.05) is 38.1 Å². The molecule has 0 unspecified atom stereocenters. The minimum absolute atomic E-state index is 0.154. The molecule has 5 nitrogen and oxygen atoms in total. The number of carbonyl (C=O) groups is 1. The maximum absolute atomic E-state index is 12.0. The summed E-state index contributed by atoms with van der Waals surface area (Å²) in [6.45, 7) is 4.40. The van der Waals surface area contributed by atoms with Crippen molar-refractivity contribution in [2.75, 3.05) is 36.4 Å². The highest BCUT2D eigenvalue weighted by atomic mass is 16.1. The van der Waals surface area contributed by atoms with Gasteiger partial charge in [-0.15, -0.1) is 0 Å². The van der Waals surface area contributed by atoms with Crippen LogP contribution in [0.5, 0.6) is 0 Å². The molecule has 1 aliphatic heterocycles. The Bertz CT molecular complexity index is 555. The van der Waals surface area contributed by atoms with Gasteiger partial charge in [0.2, 0.25) is 5.91 Å². The molecule has 3 fully saturated rings. The van der Waals surface area contributed by atoms with Crippen LogP contribution in [0, 0.1) is 5.92 Å². The molecule has 0 atom stereocenters. The summed E-state index contributed by atoms with van der Waals surface area (Å²) in [6, 6.07) is 4.85. The molecule has 5 heteroatoms. The molecule has 2 heterocycles. The van der Waals surface area contributed by atoms with Crippen molar-refractivity contribution in [3.63, 3.8) is 0 Å². The fourth-order valence-electron chi connectivity index (χ4n) is 4.15. The van der Waals surface area contributed by atoms with Crippen LogP contribution >= 0.6 is 0 Å². The van der Waals surface area contributed by atoms with E-state index in [2.05, 4.69) is 20.1 Å². The lowest BCUT2D eigenvalue weighted by Gasteiger charge is -2.38. The molecule has 0 radical (unpaired) electrons. The molecule has 1 aromatic rings. The van der Waals surface area contributed by atoms with Crippen LogP contribution in [0.15, 0.2) is 18.3 Å². The molecule has 1 N–H and O–H groups in total. The van der Waals surface area contributed by atoms with Crippen LogP contribution in [-0.2, 0) is 4.79 Å². The van der Waals surface area contributed by atoms with E-state index in [0.717, 1.165) is 56.6 Å². The van der Waals surface area contributed by atoms with E-state index in [4.69, 9.17) is 0 Å². The van der Waals surface area contributed by atoms with Crippen LogP contribution in [0.1, 0.15) is 44.9 Å². The summed E-state index contributed by atoms with van der Waals surface area (Å²) in [7, 11) is 0. The minimum Gasteiger partial charge on any atom is -0.354 e. The van der Waals surface area contributed by atoms with E-state index in [1.165, 1.54) is 32.1 Å². The number of nitrogens with zero attached hydrogens (tertiary/aromatic N) is 3. The first-order valence-corrected chi connectivity index (χ1v) is 9.55. The lowest BCUT2D eigenvalue weighted by atomic mass is 9.85. The van der Waals surface area contributed by atoms with Crippen molar-refractivity contribution in [1.29, 1.82) is 0 Å². The maximum Gasteiger partial charge on any atom is 0.227 e. The lowest BCUT2D eigenvalue weighted by Crippen LogP contribution is -2.49. The third kappa shape index (κ3) is 3.41. The smallest absolute Gasteiger partial charge is 0.227 e. The predicted octanol–water partition coefficient (Wildman–Crippen LogP) is 2.88. The highest BCUT2D eigenvalue weighted by Crippen LogP contribution is 2.28. The van der Waals surface area contributed by atoms with Crippen molar-refractivity contribution in [3.8, 4) is 0 Å². The Morgan fingerprint density at radius 2 is 1.75 bits per heavy atom. The van der Waals surface area contributed by atoms with E-state index in [1.807, 2.05) is 12.1 Å². The van der Waals surface area contributed by atoms with Crippen molar-refractivity contribution in [2.24, 2.45) is 5.92 Å². The quantitative estimate of drug-likeness (QED) is 0.923. The molecule has 1 amide bonds. The average molecular weight is 328 g/mol. The standard InChI is InChI=1S/C19H28N4O/c24-19(15-4-3-5-15)21-16-8-9-18(20-14-16)23-12-10-22(11-13-23)17-6-1-2-7-17/h8-9,14-15,17H,1-7,10-13H2,(H,21,24). The zero-order valence-corrected chi connectivity index (χ0v) is 14.4. The normalized spacial score (nSPS) is 23.2. The number of aromatic nitrogens is 1. The molecule has 0 spiro atoms. The minimum atomic E-state index is 0.154. The van der Waals surface area contributed by atoms with Crippen LogP contribution < -0.4 is 10.2 Å². The molecule has 2 aliphatic carbocycles. The van der Waals surface area contributed by atoms with Crippen LogP contribution in [-0.4, -0.2) is 48.0 Å². The molecular weight excluding hydrogens is 300 g/mol. The van der Waals surface area contributed by atoms with E-state index in [-0.39, 0.29) is 11.8 Å². The highest BCUT2D eigenvalue weighted by molar-refractivity contribution is 5.92. The van der Waals surface area contributed by atoms with Crippen LogP contribution in [0.25, 0.3) is 0 Å². The second kappa shape index (κ2) is 7.09. The fraction of sp³-hybridized carbons (Fsp3) is 0.684. The number of pyridine rings is 1. The van der Waals surface area contributed by atoms with Gasteiger partial charge in [0.05, 0.1) is 11.9 Å². The van der Waals surface area contributed by atoms with Crippen molar-refractivity contribution in [1.82, 2.24) is 9.88 Å². The van der Waals surface area contributed by atoms with Gasteiger partial charge in [0.1, 0.15) is 5.82 Å². The molecule has 0 aromatic carbocycles. The van der Waals surface area contributed by atoms with Crippen LogP contribution in [0.4, 0.5) is 11.5 Å². The van der Waals surface area contributed by atoms with Gasteiger partial charge in [-0.2, -0.15) is 0 Å². The van der Waals surface area contributed by atoms with Crippen LogP contribution in [0.3, 0.4) is 0 Å². The zero-order chi connectivity index (χ0) is 16.4. The summed E-state index contributed by atoms with van der Waals surface area (Å²) >= 11 is 0. The molecule has 4 rings (SSSR count). The summed E-state index contributed by atoms with van der Waals surface area (Å²) in [5.41, 5.74) is 0.820. The van der Waals surface area contributed by atoms with Crippen molar-refractivity contribution < 1.29 is 4.79 Å². The van der Waals surface area contributed by atoms with Gasteiger partial charge in [-0.3, -0.25) is 9.69 Å². The molecule has 130 valence electrons. The topological polar surface area (TPSA) is 48.5 Å². The second-order valence-corrected chi connectivity index (χ2v) is 7.48. The second-order valence-electron chi connectivity index (χ2n) is 7.48. The Morgan fingerprint density at radius 3 is 2.33 bits per heavy atom. The number of carbonyl (C=O) groups excluding carboxylic acids is 1. The van der Waals surface area contributed by atoms with E-state index >= 15 is 0 Å². The highest BCUT2D eigenvalue weighted by Gasteiger charge is 2.27. The molecule has 3 aliphatic rings. The van der Waals surface area contributed by atoms with Gasteiger partial charge in [-0.1, -0.05) is 19.3 Å². The van der Waals surface area contributed by atoms with Crippen LogP contribution in [0.2, 0.25) is 0 Å². The SMILES string of the molecule is O=C(Nc1ccc(N2CCN(C3CCCC3)CC2)nc1)C1CCC1. The van der Waals surface area contributed by atoms with E-state index in [9.17, 15) is 4.79 Å². The summed E-state index contributed by atoms with van der Waals surface area (Å²) < 4.78 is 0. The molecule has 1 saturated heterocycles. The summed E-state index contributed by atoms with van der Waals surface area (Å²) in [5.74, 6) is 1.40. The predicted molar refractivity (Wildman–Crippen MR) is 96.2 cm³/mol. The van der Waals surface area contributed by atoms with Gasteiger partial charge in [0.15, 0.2) is 0 Å². The Balaban J connectivity index is 1.29. The van der Waals surface area contributed by atoms with E-state index < -0.39 is 0 Å². The Labute approximate surface area is 144 Å². The third-order valence-electron chi connectivity index (χ3n) is 5.97. The molecule has 2 saturated carbocycles. The summed E-state index contributed by atoms with van der Waals surface area (Å²) in [6.07, 6.45) is 10.6. The fourth-order valence-corrected chi connectivity index (χ4v) is 4.15. The maximum atomic E-state index is 12.0. The number of hydrogen-bond acceptors (Lipinski definition) is 4. The van der Waals surface area contributed by atoms with Gasteiger partial charge < -0.3 is 10.2 Å². The number of hydrogen-bond donors (Lipinski definition) is 1. The van der Waals surface area contributed by atoms with Gasteiger partial charge >= 0.3 is 0 Å². The van der Waals surface area contributed by atoms with E-state index in [1.54, 1.807) is 6.20 Å². The largest absolute Gasteiger partial charge is 0.354 e. The third-order valence-corrected chi connectivity index (χ3v) is 5.97. The summed E-state index contributed by atoms with van der Waals surface area (Å²) in [5, 5.41) is 2.99. The number of amides is 1. The first kappa shape index (κ1) is 15.9.